The molecule has 0 radical (unpaired) electrons. The number of carbonyl (C=O) groups is 1. The number of aromatic nitrogens is 1. The number of halogens is 4. The maximum atomic E-state index is 13.6. The molecule has 1 aromatic heterocycles. The highest BCUT2D eigenvalue weighted by Gasteiger charge is 2.20. The van der Waals surface area contributed by atoms with E-state index in [1.807, 2.05) is 13.8 Å². The molecule has 134 valence electrons. The van der Waals surface area contributed by atoms with Crippen molar-refractivity contribution in [3.8, 4) is 0 Å². The fraction of sp³-hybridized carbons (Fsp3) is 0.294. The quantitative estimate of drug-likeness (QED) is 0.633. The Balaban J connectivity index is 2.15. The predicted octanol–water partition coefficient (Wildman–Crippen LogP) is 3.79. The number of nitrogens with one attached hydrogen (secondary N) is 1. The highest BCUT2D eigenvalue weighted by atomic mass is 19.2. The van der Waals surface area contributed by atoms with Gasteiger partial charge in [-0.15, -0.1) is 0 Å². The average molecular weight is 355 g/mol. The Morgan fingerprint density at radius 1 is 1.00 bits per heavy atom. The molecule has 0 aliphatic carbocycles. The van der Waals surface area contributed by atoms with Gasteiger partial charge in [0, 0.05) is 18.8 Å². The molecule has 4 nitrogen and oxygen atoms in total. The van der Waals surface area contributed by atoms with Gasteiger partial charge < -0.3 is 10.2 Å². The molecule has 1 aromatic carbocycles. The van der Waals surface area contributed by atoms with Crippen LogP contribution in [0.2, 0.25) is 0 Å². The minimum absolute atomic E-state index is 0.0407. The van der Waals surface area contributed by atoms with Crippen LogP contribution in [0, 0.1) is 23.5 Å². The summed E-state index contributed by atoms with van der Waals surface area (Å²) in [4.78, 5) is 16.2. The van der Waals surface area contributed by atoms with E-state index in [0.29, 0.717) is 18.7 Å². The largest absolute Gasteiger partial charge is 0.350 e. The maximum Gasteiger partial charge on any atom is 0.253 e. The molecule has 0 bridgehead atoms. The number of hydrogen-bond acceptors (Lipinski definition) is 3. The van der Waals surface area contributed by atoms with E-state index in [1.165, 1.54) is 12.1 Å². The Hall–Kier alpha value is -2.64. The van der Waals surface area contributed by atoms with Crippen LogP contribution >= 0.6 is 0 Å². The summed E-state index contributed by atoms with van der Waals surface area (Å²) >= 11 is 0. The molecule has 0 aliphatic rings. The second kappa shape index (κ2) is 7.96. The normalized spacial score (nSPS) is 10.6. The fourth-order valence-electron chi connectivity index (χ4n) is 2.31. The molecule has 1 amide bonds. The Bertz CT molecular complexity index is 735. The summed E-state index contributed by atoms with van der Waals surface area (Å²) < 4.78 is 53.4. The number of likely N-dealkylation sites (N-methyl/N-ethyl adjacent to an activating group) is 1. The van der Waals surface area contributed by atoms with Gasteiger partial charge in [0.05, 0.1) is 6.42 Å². The summed E-state index contributed by atoms with van der Waals surface area (Å²) in [5.74, 6) is -6.73. The van der Waals surface area contributed by atoms with E-state index in [9.17, 15) is 22.4 Å². The molecular weight excluding hydrogens is 338 g/mol. The van der Waals surface area contributed by atoms with Crippen molar-refractivity contribution in [3.63, 3.8) is 0 Å². The molecule has 0 fully saturated rings. The summed E-state index contributed by atoms with van der Waals surface area (Å²) in [5.41, 5.74) is -0.0470. The maximum absolute atomic E-state index is 13.6. The van der Waals surface area contributed by atoms with E-state index in [2.05, 4.69) is 10.3 Å². The number of benzene rings is 1. The fourth-order valence-corrected chi connectivity index (χ4v) is 2.31. The summed E-state index contributed by atoms with van der Waals surface area (Å²) in [6, 6.07) is 6.10. The number of anilines is 2. The van der Waals surface area contributed by atoms with E-state index in [-0.39, 0.29) is 18.0 Å². The zero-order chi connectivity index (χ0) is 18.6. The van der Waals surface area contributed by atoms with Gasteiger partial charge in [0.2, 0.25) is 17.5 Å². The second-order valence-corrected chi connectivity index (χ2v) is 5.26. The van der Waals surface area contributed by atoms with Gasteiger partial charge in [0.25, 0.3) is 11.9 Å². The Morgan fingerprint density at radius 3 is 2.00 bits per heavy atom. The van der Waals surface area contributed by atoms with Crippen molar-refractivity contribution in [1.82, 2.24) is 9.88 Å². The van der Waals surface area contributed by atoms with Gasteiger partial charge >= 0.3 is 0 Å². The van der Waals surface area contributed by atoms with E-state index < -0.39 is 29.2 Å². The molecule has 2 rings (SSSR count). The van der Waals surface area contributed by atoms with Crippen molar-refractivity contribution in [2.45, 2.75) is 20.3 Å². The lowest BCUT2D eigenvalue weighted by atomic mass is 10.1. The van der Waals surface area contributed by atoms with Crippen LogP contribution < -0.4 is 5.32 Å². The van der Waals surface area contributed by atoms with E-state index in [4.69, 9.17) is 0 Å². The van der Waals surface area contributed by atoms with Crippen molar-refractivity contribution in [2.75, 3.05) is 18.4 Å². The summed E-state index contributed by atoms with van der Waals surface area (Å²) in [6.07, 6.45) is 0.184. The molecule has 0 atom stereocenters. The minimum atomic E-state index is -1.73. The molecule has 0 aliphatic heterocycles. The Labute approximate surface area is 142 Å². The lowest BCUT2D eigenvalue weighted by Gasteiger charge is -2.18. The molecule has 0 unspecified atom stereocenters. The standard InChI is InChI=1S/C17H17F4N3O/c1-3-24(4-2)12(25)9-10-5-7-11(8-6-10)22-15-13(18)16(20)23-17(21)14(15)19/h5-8H,3-4,9H2,1-2H3,(H,22,23). The van der Waals surface area contributed by atoms with E-state index in [0.717, 1.165) is 0 Å². The van der Waals surface area contributed by atoms with Gasteiger partial charge in [-0.2, -0.15) is 22.5 Å². The molecule has 0 saturated heterocycles. The topological polar surface area (TPSA) is 45.2 Å². The van der Waals surface area contributed by atoms with Crippen LogP contribution in [0.25, 0.3) is 0 Å². The van der Waals surface area contributed by atoms with Crippen molar-refractivity contribution >= 4 is 17.3 Å². The highest BCUT2D eigenvalue weighted by Crippen LogP contribution is 2.26. The molecule has 0 saturated carbocycles. The lowest BCUT2D eigenvalue weighted by molar-refractivity contribution is -0.130. The molecule has 8 heteroatoms. The third-order valence-electron chi connectivity index (χ3n) is 3.69. The molecular formula is C17H17F4N3O. The number of amides is 1. The summed E-state index contributed by atoms with van der Waals surface area (Å²) in [6.45, 7) is 4.97. The van der Waals surface area contributed by atoms with Gasteiger partial charge in [-0.3, -0.25) is 4.79 Å². The van der Waals surface area contributed by atoms with E-state index >= 15 is 0 Å². The Kier molecular flexibility index (Phi) is 5.95. The van der Waals surface area contributed by atoms with E-state index in [1.54, 1.807) is 17.0 Å². The zero-order valence-corrected chi connectivity index (χ0v) is 13.7. The van der Waals surface area contributed by atoms with Gasteiger partial charge in [0.1, 0.15) is 5.69 Å². The van der Waals surface area contributed by atoms with Crippen LogP contribution in [0.4, 0.5) is 28.9 Å². The zero-order valence-electron chi connectivity index (χ0n) is 13.7. The Morgan fingerprint density at radius 2 is 1.52 bits per heavy atom. The minimum Gasteiger partial charge on any atom is -0.350 e. The summed E-state index contributed by atoms with van der Waals surface area (Å²) in [7, 11) is 0. The van der Waals surface area contributed by atoms with Gasteiger partial charge in [-0.1, -0.05) is 12.1 Å². The predicted molar refractivity (Wildman–Crippen MR) is 85.4 cm³/mol. The first-order chi connectivity index (χ1) is 11.9. The number of carbonyl (C=O) groups excluding carboxylic acids is 1. The SMILES string of the molecule is CCN(CC)C(=O)Cc1ccc(Nc2c(F)c(F)nc(F)c2F)cc1. The number of hydrogen-bond donors (Lipinski definition) is 1. The molecule has 2 aromatic rings. The second-order valence-electron chi connectivity index (χ2n) is 5.26. The van der Waals surface area contributed by atoms with Crippen LogP contribution in [0.15, 0.2) is 24.3 Å². The third kappa shape index (κ3) is 4.26. The van der Waals surface area contributed by atoms with Crippen LogP contribution in [0.1, 0.15) is 19.4 Å². The number of pyridine rings is 1. The first-order valence-electron chi connectivity index (χ1n) is 7.71. The first kappa shape index (κ1) is 18.7. The molecule has 1 heterocycles. The van der Waals surface area contributed by atoms with Crippen LogP contribution in [0.5, 0.6) is 0 Å². The van der Waals surface area contributed by atoms with Crippen LogP contribution in [-0.2, 0) is 11.2 Å². The highest BCUT2D eigenvalue weighted by molar-refractivity contribution is 5.79. The monoisotopic (exact) mass is 355 g/mol. The van der Waals surface area contributed by atoms with Crippen molar-refractivity contribution < 1.29 is 22.4 Å². The van der Waals surface area contributed by atoms with Gasteiger partial charge in [-0.25, -0.2) is 0 Å². The van der Waals surface area contributed by atoms with Crippen molar-refractivity contribution in [3.05, 3.63) is 53.4 Å². The third-order valence-corrected chi connectivity index (χ3v) is 3.69. The van der Waals surface area contributed by atoms with Crippen molar-refractivity contribution in [1.29, 1.82) is 0 Å². The smallest absolute Gasteiger partial charge is 0.253 e. The van der Waals surface area contributed by atoms with Crippen molar-refractivity contribution in [2.24, 2.45) is 0 Å². The summed E-state index contributed by atoms with van der Waals surface area (Å²) in [5, 5.41) is 2.28. The molecule has 1 N–H and O–H groups in total. The average Bonchev–Trinajstić information content (AvgIpc) is 2.59. The molecule has 0 spiro atoms. The lowest BCUT2D eigenvalue weighted by Crippen LogP contribution is -2.31. The van der Waals surface area contributed by atoms with Gasteiger partial charge in [0.15, 0.2) is 0 Å². The molecule has 25 heavy (non-hydrogen) atoms. The van der Waals surface area contributed by atoms with Crippen LogP contribution in [0.3, 0.4) is 0 Å². The van der Waals surface area contributed by atoms with Crippen LogP contribution in [-0.4, -0.2) is 28.9 Å². The van der Waals surface area contributed by atoms with Gasteiger partial charge in [-0.05, 0) is 31.5 Å². The first-order valence-corrected chi connectivity index (χ1v) is 7.71. The number of nitrogens with zero attached hydrogens (tertiary/aromatic N) is 2. The number of rotatable bonds is 6.